The Labute approximate surface area is 97.1 Å². The van der Waals surface area contributed by atoms with Crippen LogP contribution in [0.25, 0.3) is 0 Å². The van der Waals surface area contributed by atoms with E-state index >= 15 is 0 Å². The van der Waals surface area contributed by atoms with Crippen molar-refractivity contribution in [2.75, 3.05) is 6.61 Å². The summed E-state index contributed by atoms with van der Waals surface area (Å²) in [6.07, 6.45) is 0. The molecule has 1 aromatic carbocycles. The van der Waals surface area contributed by atoms with Crippen LogP contribution in [0.1, 0.15) is 22.8 Å². The molecular weight excluding hydrogens is 234 g/mol. The number of hydrogen-bond acceptors (Lipinski definition) is 4. The summed E-state index contributed by atoms with van der Waals surface area (Å²) >= 11 is 5.77. The van der Waals surface area contributed by atoms with E-state index in [9.17, 15) is 14.9 Å². The van der Waals surface area contributed by atoms with Gasteiger partial charge in [0.2, 0.25) is 0 Å². The number of carbonyl (C=O) groups excluding carboxylic acids is 1. The summed E-state index contributed by atoms with van der Waals surface area (Å²) in [6.45, 7) is 3.44. The average Bonchev–Trinajstić information content (AvgIpc) is 2.20. The topological polar surface area (TPSA) is 69.4 Å². The van der Waals surface area contributed by atoms with Gasteiger partial charge in [-0.15, -0.1) is 0 Å². The Morgan fingerprint density at radius 2 is 2.19 bits per heavy atom. The molecule has 0 aromatic heterocycles. The van der Waals surface area contributed by atoms with Gasteiger partial charge in [-0.2, -0.15) is 0 Å². The van der Waals surface area contributed by atoms with E-state index in [1.807, 2.05) is 0 Å². The Hall–Kier alpha value is -1.62. The largest absolute Gasteiger partial charge is 0.462 e. The third-order valence-electron chi connectivity index (χ3n) is 1.98. The van der Waals surface area contributed by atoms with E-state index in [4.69, 9.17) is 16.3 Å². The predicted octanol–water partition coefficient (Wildman–Crippen LogP) is 2.73. The Morgan fingerprint density at radius 1 is 1.56 bits per heavy atom. The van der Waals surface area contributed by atoms with E-state index < -0.39 is 10.9 Å². The summed E-state index contributed by atoms with van der Waals surface area (Å²) in [7, 11) is 0. The van der Waals surface area contributed by atoms with Crippen LogP contribution in [0.5, 0.6) is 0 Å². The third-order valence-corrected chi connectivity index (χ3v) is 2.29. The first-order chi connectivity index (χ1) is 7.47. The molecule has 0 fully saturated rings. The van der Waals surface area contributed by atoms with Crippen LogP contribution in [0.4, 0.5) is 5.69 Å². The van der Waals surface area contributed by atoms with Crippen LogP contribution in [-0.4, -0.2) is 17.5 Å². The fourth-order valence-corrected chi connectivity index (χ4v) is 1.47. The molecule has 1 rings (SSSR count). The van der Waals surface area contributed by atoms with E-state index in [1.54, 1.807) is 6.92 Å². The van der Waals surface area contributed by atoms with Crippen LogP contribution in [0, 0.1) is 17.0 Å². The fourth-order valence-electron chi connectivity index (χ4n) is 1.23. The average molecular weight is 244 g/mol. The van der Waals surface area contributed by atoms with Gasteiger partial charge >= 0.3 is 5.97 Å². The standard InChI is InChI=1S/C10H10ClNO4/c1-3-16-10(13)7-4-6(2)9(12(14)15)5-8(7)11/h4-5H,3H2,1-2H3. The molecule has 5 nitrogen and oxygen atoms in total. The van der Waals surface area contributed by atoms with Crippen molar-refractivity contribution in [1.82, 2.24) is 0 Å². The molecular formula is C10H10ClNO4. The summed E-state index contributed by atoms with van der Waals surface area (Å²) in [4.78, 5) is 21.5. The highest BCUT2D eigenvalue weighted by atomic mass is 35.5. The number of carbonyl (C=O) groups is 1. The molecule has 0 saturated carbocycles. The van der Waals surface area contributed by atoms with Crippen molar-refractivity contribution < 1.29 is 14.5 Å². The number of nitrogens with zero attached hydrogens (tertiary/aromatic N) is 1. The molecule has 6 heteroatoms. The van der Waals surface area contributed by atoms with Gasteiger partial charge in [-0.25, -0.2) is 4.79 Å². The minimum absolute atomic E-state index is 0.0238. The van der Waals surface area contributed by atoms with Gasteiger partial charge in [0.15, 0.2) is 0 Å². The second-order valence-corrected chi connectivity index (χ2v) is 3.50. The van der Waals surface area contributed by atoms with Crippen molar-refractivity contribution in [3.8, 4) is 0 Å². The highest BCUT2D eigenvalue weighted by Crippen LogP contribution is 2.27. The fraction of sp³-hybridized carbons (Fsp3) is 0.300. The molecule has 0 aliphatic carbocycles. The molecule has 0 heterocycles. The third kappa shape index (κ3) is 2.49. The summed E-state index contributed by atoms with van der Waals surface area (Å²) in [5, 5.41) is 10.6. The number of rotatable bonds is 3. The van der Waals surface area contributed by atoms with Gasteiger partial charge < -0.3 is 4.74 Å². The Kier molecular flexibility index (Phi) is 3.84. The first-order valence-corrected chi connectivity index (χ1v) is 4.96. The lowest BCUT2D eigenvalue weighted by molar-refractivity contribution is -0.385. The van der Waals surface area contributed by atoms with Crippen LogP contribution in [0.15, 0.2) is 12.1 Å². The molecule has 0 radical (unpaired) electrons. The molecule has 0 saturated heterocycles. The molecule has 16 heavy (non-hydrogen) atoms. The predicted molar refractivity (Wildman–Crippen MR) is 58.8 cm³/mol. The van der Waals surface area contributed by atoms with Crippen molar-refractivity contribution >= 4 is 23.3 Å². The Morgan fingerprint density at radius 3 is 2.69 bits per heavy atom. The molecule has 1 aromatic rings. The number of ether oxygens (including phenoxy) is 1. The maximum Gasteiger partial charge on any atom is 0.339 e. The number of hydrogen-bond donors (Lipinski definition) is 0. The van der Waals surface area contributed by atoms with Crippen LogP contribution in [0.3, 0.4) is 0 Å². The van der Waals surface area contributed by atoms with E-state index in [1.165, 1.54) is 13.0 Å². The lowest BCUT2D eigenvalue weighted by Crippen LogP contribution is -2.06. The van der Waals surface area contributed by atoms with Gasteiger partial charge in [0.1, 0.15) is 0 Å². The highest BCUT2D eigenvalue weighted by molar-refractivity contribution is 6.33. The molecule has 0 bridgehead atoms. The summed E-state index contributed by atoms with van der Waals surface area (Å²) in [5.74, 6) is -0.578. The quantitative estimate of drug-likeness (QED) is 0.465. The SMILES string of the molecule is CCOC(=O)c1cc(C)c([N+](=O)[O-])cc1Cl. The second-order valence-electron chi connectivity index (χ2n) is 3.10. The molecule has 0 aliphatic rings. The van der Waals surface area contributed by atoms with Gasteiger partial charge in [-0.05, 0) is 19.9 Å². The smallest absolute Gasteiger partial charge is 0.339 e. The van der Waals surface area contributed by atoms with Crippen molar-refractivity contribution in [2.24, 2.45) is 0 Å². The van der Waals surface area contributed by atoms with E-state index in [0.29, 0.717) is 5.56 Å². The summed E-state index contributed by atoms with van der Waals surface area (Å²) < 4.78 is 4.77. The first kappa shape index (κ1) is 12.4. The van der Waals surface area contributed by atoms with Crippen molar-refractivity contribution in [1.29, 1.82) is 0 Å². The molecule has 0 N–H and O–H groups in total. The lowest BCUT2D eigenvalue weighted by atomic mass is 10.1. The van der Waals surface area contributed by atoms with Gasteiger partial charge in [0, 0.05) is 11.6 Å². The van der Waals surface area contributed by atoms with Crippen molar-refractivity contribution in [2.45, 2.75) is 13.8 Å². The monoisotopic (exact) mass is 243 g/mol. The number of nitro benzene ring substituents is 1. The van der Waals surface area contributed by atoms with E-state index in [2.05, 4.69) is 0 Å². The van der Waals surface area contributed by atoms with Crippen LogP contribution < -0.4 is 0 Å². The minimum Gasteiger partial charge on any atom is -0.462 e. The summed E-state index contributed by atoms with van der Waals surface area (Å²) in [6, 6.07) is 2.52. The first-order valence-electron chi connectivity index (χ1n) is 4.59. The number of halogens is 1. The molecule has 0 spiro atoms. The highest BCUT2D eigenvalue weighted by Gasteiger charge is 2.18. The van der Waals surface area contributed by atoms with Crippen LogP contribution >= 0.6 is 11.6 Å². The maximum atomic E-state index is 11.4. The zero-order chi connectivity index (χ0) is 12.3. The number of esters is 1. The van der Waals surface area contributed by atoms with Crippen molar-refractivity contribution in [3.05, 3.63) is 38.4 Å². The molecule has 0 amide bonds. The van der Waals surface area contributed by atoms with E-state index in [-0.39, 0.29) is 22.9 Å². The molecule has 0 atom stereocenters. The number of nitro groups is 1. The van der Waals surface area contributed by atoms with Gasteiger partial charge in [0.25, 0.3) is 5.69 Å². The molecule has 0 unspecified atom stereocenters. The van der Waals surface area contributed by atoms with E-state index in [0.717, 1.165) is 6.07 Å². The number of aryl methyl sites for hydroxylation is 1. The normalized spacial score (nSPS) is 9.94. The minimum atomic E-state index is -0.578. The maximum absolute atomic E-state index is 11.4. The van der Waals surface area contributed by atoms with Crippen molar-refractivity contribution in [3.63, 3.8) is 0 Å². The summed E-state index contributed by atoms with van der Waals surface area (Å²) in [5.41, 5.74) is 0.405. The lowest BCUT2D eigenvalue weighted by Gasteiger charge is -2.05. The Bertz CT molecular complexity index is 445. The van der Waals surface area contributed by atoms with Crippen LogP contribution in [0.2, 0.25) is 5.02 Å². The van der Waals surface area contributed by atoms with Gasteiger partial charge in [-0.3, -0.25) is 10.1 Å². The Balaban J connectivity index is 3.20. The van der Waals surface area contributed by atoms with Crippen LogP contribution in [-0.2, 0) is 4.74 Å². The number of benzene rings is 1. The molecule has 0 aliphatic heterocycles. The zero-order valence-electron chi connectivity index (χ0n) is 8.82. The zero-order valence-corrected chi connectivity index (χ0v) is 9.58. The second kappa shape index (κ2) is 4.94. The van der Waals surface area contributed by atoms with Gasteiger partial charge in [0.05, 0.1) is 22.1 Å². The van der Waals surface area contributed by atoms with Gasteiger partial charge in [-0.1, -0.05) is 11.6 Å². The molecule has 86 valence electrons.